The third-order valence-corrected chi connectivity index (χ3v) is 4.06. The van der Waals surface area contributed by atoms with E-state index in [4.69, 9.17) is 10.00 Å². The molecule has 2 fully saturated rings. The summed E-state index contributed by atoms with van der Waals surface area (Å²) >= 11 is 0. The summed E-state index contributed by atoms with van der Waals surface area (Å²) in [6.07, 6.45) is 1.44. The molecule has 0 bridgehead atoms. The number of hydrogen-bond acceptors (Lipinski definition) is 4. The predicted molar refractivity (Wildman–Crippen MR) is 68.9 cm³/mol. The molecule has 0 aliphatic carbocycles. The summed E-state index contributed by atoms with van der Waals surface area (Å²) in [5, 5.41) is 18.3. The number of carbonyl (C=O) groups excluding carboxylic acids is 1. The number of piperidine rings is 1. The highest BCUT2D eigenvalue weighted by Gasteiger charge is 2.45. The number of carbonyl (C=O) groups is 2. The SMILES string of the molecule is CC1(C(=O)O)CCCCN1C(=O)N1CCOC(C#N)C1. The van der Waals surface area contributed by atoms with E-state index >= 15 is 0 Å². The molecule has 110 valence electrons. The number of rotatable bonds is 1. The summed E-state index contributed by atoms with van der Waals surface area (Å²) in [4.78, 5) is 27.0. The number of hydrogen-bond donors (Lipinski definition) is 1. The summed E-state index contributed by atoms with van der Waals surface area (Å²) in [6.45, 7) is 2.93. The third-order valence-electron chi connectivity index (χ3n) is 4.06. The van der Waals surface area contributed by atoms with Gasteiger partial charge < -0.3 is 19.6 Å². The molecule has 20 heavy (non-hydrogen) atoms. The van der Waals surface area contributed by atoms with Crippen molar-refractivity contribution in [3.05, 3.63) is 0 Å². The van der Waals surface area contributed by atoms with Crippen LogP contribution in [-0.4, -0.2) is 64.8 Å². The average molecular weight is 281 g/mol. The highest BCUT2D eigenvalue weighted by molar-refractivity contribution is 5.86. The molecule has 7 heteroatoms. The maximum absolute atomic E-state index is 12.6. The first-order valence-electron chi connectivity index (χ1n) is 6.80. The standard InChI is InChI=1S/C13H19N3O4/c1-13(11(17)18)4-2-3-5-16(13)12(19)15-6-7-20-10(8-14)9-15/h10H,2-7,9H2,1H3,(H,17,18). The van der Waals surface area contributed by atoms with Gasteiger partial charge in [0.15, 0.2) is 6.10 Å². The zero-order valence-corrected chi connectivity index (χ0v) is 11.5. The largest absolute Gasteiger partial charge is 0.480 e. The molecule has 2 aliphatic heterocycles. The first-order chi connectivity index (χ1) is 9.49. The van der Waals surface area contributed by atoms with E-state index in [2.05, 4.69) is 0 Å². The number of aliphatic carboxylic acids is 1. The molecular formula is C13H19N3O4. The van der Waals surface area contributed by atoms with Crippen molar-refractivity contribution in [1.82, 2.24) is 9.80 Å². The molecule has 0 radical (unpaired) electrons. The van der Waals surface area contributed by atoms with Crippen LogP contribution in [-0.2, 0) is 9.53 Å². The lowest BCUT2D eigenvalue weighted by Crippen LogP contribution is -2.62. The van der Waals surface area contributed by atoms with Crippen LogP contribution in [0.25, 0.3) is 0 Å². The van der Waals surface area contributed by atoms with Crippen molar-refractivity contribution >= 4 is 12.0 Å². The second-order valence-corrected chi connectivity index (χ2v) is 5.40. The van der Waals surface area contributed by atoms with Crippen LogP contribution in [0.15, 0.2) is 0 Å². The quantitative estimate of drug-likeness (QED) is 0.762. The summed E-state index contributed by atoms with van der Waals surface area (Å²) in [5.74, 6) is -0.976. The molecule has 2 aliphatic rings. The summed E-state index contributed by atoms with van der Waals surface area (Å²) < 4.78 is 5.20. The van der Waals surface area contributed by atoms with Gasteiger partial charge in [-0.25, -0.2) is 9.59 Å². The molecule has 2 amide bonds. The van der Waals surface area contributed by atoms with Crippen LogP contribution in [0.2, 0.25) is 0 Å². The first kappa shape index (κ1) is 14.6. The van der Waals surface area contributed by atoms with Gasteiger partial charge in [0.1, 0.15) is 5.54 Å². The van der Waals surface area contributed by atoms with Crippen LogP contribution in [0.1, 0.15) is 26.2 Å². The number of likely N-dealkylation sites (tertiary alicyclic amines) is 1. The number of urea groups is 1. The molecule has 1 N–H and O–H groups in total. The Kier molecular flexibility index (Phi) is 4.14. The van der Waals surface area contributed by atoms with Crippen LogP contribution >= 0.6 is 0 Å². The minimum Gasteiger partial charge on any atom is -0.480 e. The third kappa shape index (κ3) is 2.56. The van der Waals surface area contributed by atoms with Crippen LogP contribution in [0.5, 0.6) is 0 Å². The van der Waals surface area contributed by atoms with Gasteiger partial charge >= 0.3 is 12.0 Å². The van der Waals surface area contributed by atoms with Crippen LogP contribution < -0.4 is 0 Å². The molecule has 0 aromatic rings. The van der Waals surface area contributed by atoms with Crippen LogP contribution in [0.4, 0.5) is 4.79 Å². The Morgan fingerprint density at radius 1 is 1.40 bits per heavy atom. The molecule has 0 aromatic carbocycles. The number of nitriles is 1. The molecule has 2 heterocycles. The number of carboxylic acid groups (broad SMARTS) is 1. The van der Waals surface area contributed by atoms with Gasteiger partial charge in [-0.15, -0.1) is 0 Å². The molecule has 2 saturated heterocycles. The van der Waals surface area contributed by atoms with Gasteiger partial charge in [-0.3, -0.25) is 0 Å². The van der Waals surface area contributed by atoms with Crippen molar-refractivity contribution in [2.45, 2.75) is 37.8 Å². The number of nitrogens with zero attached hydrogens (tertiary/aromatic N) is 3. The van der Waals surface area contributed by atoms with E-state index in [0.29, 0.717) is 26.1 Å². The lowest BCUT2D eigenvalue weighted by molar-refractivity contribution is -0.151. The predicted octanol–water partition coefficient (Wildman–Crippen LogP) is 0.660. The molecule has 2 atom stereocenters. The second-order valence-electron chi connectivity index (χ2n) is 5.40. The molecule has 2 unspecified atom stereocenters. The van der Waals surface area contributed by atoms with Gasteiger partial charge in [0, 0.05) is 13.1 Å². The molecule has 2 rings (SSSR count). The van der Waals surface area contributed by atoms with Gasteiger partial charge in [-0.1, -0.05) is 0 Å². The van der Waals surface area contributed by atoms with Gasteiger partial charge in [0.25, 0.3) is 0 Å². The van der Waals surface area contributed by atoms with Crippen molar-refractivity contribution in [3.8, 4) is 6.07 Å². The van der Waals surface area contributed by atoms with E-state index in [0.717, 1.165) is 12.8 Å². The fourth-order valence-corrected chi connectivity index (χ4v) is 2.72. The summed E-state index contributed by atoms with van der Waals surface area (Å²) in [7, 11) is 0. The van der Waals surface area contributed by atoms with E-state index in [-0.39, 0.29) is 12.6 Å². The normalized spacial score (nSPS) is 30.7. The van der Waals surface area contributed by atoms with Crippen LogP contribution in [0.3, 0.4) is 0 Å². The smallest absolute Gasteiger partial charge is 0.329 e. The van der Waals surface area contributed by atoms with Gasteiger partial charge in [-0.05, 0) is 26.2 Å². The molecule has 7 nitrogen and oxygen atoms in total. The Bertz CT molecular complexity index is 447. The Labute approximate surface area is 117 Å². The number of ether oxygens (including phenoxy) is 1. The van der Waals surface area contributed by atoms with E-state index in [9.17, 15) is 14.7 Å². The first-order valence-corrected chi connectivity index (χ1v) is 6.80. The number of morpholine rings is 1. The van der Waals surface area contributed by atoms with E-state index in [1.807, 2.05) is 6.07 Å². The zero-order valence-electron chi connectivity index (χ0n) is 11.5. The van der Waals surface area contributed by atoms with Crippen molar-refractivity contribution in [1.29, 1.82) is 5.26 Å². The fraction of sp³-hybridized carbons (Fsp3) is 0.769. The average Bonchev–Trinajstić information content (AvgIpc) is 2.47. The van der Waals surface area contributed by atoms with Gasteiger partial charge in [0.2, 0.25) is 0 Å². The Morgan fingerprint density at radius 3 is 2.80 bits per heavy atom. The van der Waals surface area contributed by atoms with Crippen molar-refractivity contribution in [3.63, 3.8) is 0 Å². The molecule has 0 saturated carbocycles. The van der Waals surface area contributed by atoms with Crippen molar-refractivity contribution < 1.29 is 19.4 Å². The van der Waals surface area contributed by atoms with Gasteiger partial charge in [0.05, 0.1) is 19.2 Å². The monoisotopic (exact) mass is 281 g/mol. The van der Waals surface area contributed by atoms with Crippen molar-refractivity contribution in [2.24, 2.45) is 0 Å². The zero-order chi connectivity index (χ0) is 14.8. The number of amides is 2. The summed E-state index contributed by atoms with van der Waals surface area (Å²) in [5.41, 5.74) is -1.16. The van der Waals surface area contributed by atoms with Gasteiger partial charge in [-0.2, -0.15) is 5.26 Å². The minimum absolute atomic E-state index is 0.196. The van der Waals surface area contributed by atoms with E-state index in [1.54, 1.807) is 6.92 Å². The highest BCUT2D eigenvalue weighted by atomic mass is 16.5. The van der Waals surface area contributed by atoms with Crippen molar-refractivity contribution in [2.75, 3.05) is 26.2 Å². The minimum atomic E-state index is -1.16. The van der Waals surface area contributed by atoms with E-state index < -0.39 is 17.6 Å². The second kappa shape index (κ2) is 5.67. The Balaban J connectivity index is 2.14. The molecule has 0 spiro atoms. The highest BCUT2D eigenvalue weighted by Crippen LogP contribution is 2.29. The Hall–Kier alpha value is -1.81. The van der Waals surface area contributed by atoms with Crippen LogP contribution in [0, 0.1) is 11.3 Å². The molecule has 0 aromatic heterocycles. The lowest BCUT2D eigenvalue weighted by atomic mass is 9.89. The maximum Gasteiger partial charge on any atom is 0.329 e. The Morgan fingerprint density at radius 2 is 2.15 bits per heavy atom. The molecular weight excluding hydrogens is 262 g/mol. The summed E-state index contributed by atoms with van der Waals surface area (Å²) in [6, 6.07) is 1.68. The fourth-order valence-electron chi connectivity index (χ4n) is 2.72. The maximum atomic E-state index is 12.6. The topological polar surface area (TPSA) is 93.9 Å². The lowest BCUT2D eigenvalue weighted by Gasteiger charge is -2.44. The van der Waals surface area contributed by atoms with E-state index in [1.165, 1.54) is 9.80 Å². The number of carboxylic acids is 1.